The molecule has 4 heteroatoms. The Kier molecular flexibility index (Phi) is 5.49. The summed E-state index contributed by atoms with van der Waals surface area (Å²) >= 11 is 0. The van der Waals surface area contributed by atoms with E-state index in [-0.39, 0.29) is 12.6 Å². The Hall–Kier alpha value is -0.870. The van der Waals surface area contributed by atoms with Crippen LogP contribution in [0.2, 0.25) is 0 Å². The van der Waals surface area contributed by atoms with E-state index in [2.05, 4.69) is 35.6 Å². The first-order valence-electron chi connectivity index (χ1n) is 6.06. The standard InChI is InChI=1S/C12H23N3O/c1-4-6-14-11(5-7-16)12-8-13-9-15(12)10(2)3/h8-11,14,16H,4-7H2,1-3H3. The van der Waals surface area contributed by atoms with Crippen molar-refractivity contribution in [1.29, 1.82) is 0 Å². The summed E-state index contributed by atoms with van der Waals surface area (Å²) in [7, 11) is 0. The normalized spacial score (nSPS) is 13.3. The van der Waals surface area contributed by atoms with Crippen LogP contribution in [0.15, 0.2) is 12.5 Å². The van der Waals surface area contributed by atoms with E-state index in [0.29, 0.717) is 6.04 Å². The van der Waals surface area contributed by atoms with Gasteiger partial charge in [-0.2, -0.15) is 0 Å². The van der Waals surface area contributed by atoms with E-state index in [9.17, 15) is 0 Å². The average molecular weight is 225 g/mol. The monoisotopic (exact) mass is 225 g/mol. The lowest BCUT2D eigenvalue weighted by Gasteiger charge is -2.21. The van der Waals surface area contributed by atoms with Gasteiger partial charge in [-0.3, -0.25) is 0 Å². The third-order valence-corrected chi connectivity index (χ3v) is 2.67. The van der Waals surface area contributed by atoms with E-state index >= 15 is 0 Å². The molecular formula is C12H23N3O. The fourth-order valence-corrected chi connectivity index (χ4v) is 1.82. The van der Waals surface area contributed by atoms with Crippen LogP contribution in [0.25, 0.3) is 0 Å². The van der Waals surface area contributed by atoms with Gasteiger partial charge in [-0.05, 0) is 33.2 Å². The fourth-order valence-electron chi connectivity index (χ4n) is 1.82. The van der Waals surface area contributed by atoms with Gasteiger partial charge in [-0.15, -0.1) is 0 Å². The van der Waals surface area contributed by atoms with Crippen molar-refractivity contribution in [2.75, 3.05) is 13.2 Å². The second-order valence-corrected chi connectivity index (χ2v) is 4.34. The number of hydrogen-bond donors (Lipinski definition) is 2. The molecule has 2 N–H and O–H groups in total. The third-order valence-electron chi connectivity index (χ3n) is 2.67. The molecular weight excluding hydrogens is 202 g/mol. The minimum Gasteiger partial charge on any atom is -0.396 e. The molecule has 0 saturated carbocycles. The van der Waals surface area contributed by atoms with Crippen LogP contribution in [-0.4, -0.2) is 27.8 Å². The predicted molar refractivity (Wildman–Crippen MR) is 65.3 cm³/mol. The van der Waals surface area contributed by atoms with E-state index in [1.807, 2.05) is 12.5 Å². The van der Waals surface area contributed by atoms with Gasteiger partial charge in [0.15, 0.2) is 0 Å². The maximum atomic E-state index is 9.09. The maximum absolute atomic E-state index is 9.09. The zero-order valence-electron chi connectivity index (χ0n) is 10.5. The van der Waals surface area contributed by atoms with Crippen LogP contribution in [0, 0.1) is 0 Å². The van der Waals surface area contributed by atoms with Gasteiger partial charge < -0.3 is 15.0 Å². The summed E-state index contributed by atoms with van der Waals surface area (Å²) in [5.74, 6) is 0. The highest BCUT2D eigenvalue weighted by molar-refractivity contribution is 5.06. The molecule has 0 aromatic carbocycles. The van der Waals surface area contributed by atoms with Crippen LogP contribution in [-0.2, 0) is 0 Å². The minimum atomic E-state index is 0.199. The lowest BCUT2D eigenvalue weighted by Crippen LogP contribution is -2.25. The predicted octanol–water partition coefficient (Wildman–Crippen LogP) is 1.89. The molecule has 0 radical (unpaired) electrons. The summed E-state index contributed by atoms with van der Waals surface area (Å²) in [6.45, 7) is 7.59. The van der Waals surface area contributed by atoms with Gasteiger partial charge in [0.1, 0.15) is 0 Å². The van der Waals surface area contributed by atoms with Gasteiger partial charge in [-0.1, -0.05) is 6.92 Å². The first kappa shape index (κ1) is 13.2. The molecule has 0 spiro atoms. The van der Waals surface area contributed by atoms with Crippen LogP contribution in [0.1, 0.15) is 51.4 Å². The molecule has 1 atom stereocenters. The van der Waals surface area contributed by atoms with E-state index < -0.39 is 0 Å². The number of hydrogen-bond acceptors (Lipinski definition) is 3. The second kappa shape index (κ2) is 6.66. The first-order chi connectivity index (χ1) is 7.70. The molecule has 0 aliphatic rings. The largest absolute Gasteiger partial charge is 0.396 e. The van der Waals surface area contributed by atoms with Crippen molar-refractivity contribution in [1.82, 2.24) is 14.9 Å². The molecule has 1 rings (SSSR count). The number of aromatic nitrogens is 2. The first-order valence-corrected chi connectivity index (χ1v) is 6.06. The van der Waals surface area contributed by atoms with E-state index in [0.717, 1.165) is 25.1 Å². The molecule has 1 heterocycles. The highest BCUT2D eigenvalue weighted by Gasteiger charge is 2.15. The Labute approximate surface area is 97.7 Å². The van der Waals surface area contributed by atoms with E-state index in [1.165, 1.54) is 0 Å². The van der Waals surface area contributed by atoms with Gasteiger partial charge in [0.25, 0.3) is 0 Å². The summed E-state index contributed by atoms with van der Waals surface area (Å²) in [5, 5.41) is 12.5. The summed E-state index contributed by atoms with van der Waals surface area (Å²) < 4.78 is 2.16. The van der Waals surface area contributed by atoms with Gasteiger partial charge in [-0.25, -0.2) is 4.98 Å². The highest BCUT2D eigenvalue weighted by atomic mass is 16.3. The third kappa shape index (κ3) is 3.32. The molecule has 1 aromatic heterocycles. The molecule has 0 bridgehead atoms. The summed E-state index contributed by atoms with van der Waals surface area (Å²) in [6, 6.07) is 0.608. The number of aliphatic hydroxyl groups is 1. The van der Waals surface area contributed by atoms with E-state index in [1.54, 1.807) is 0 Å². The average Bonchev–Trinajstić information content (AvgIpc) is 2.73. The number of imidazole rings is 1. The van der Waals surface area contributed by atoms with Crippen LogP contribution < -0.4 is 5.32 Å². The molecule has 1 unspecified atom stereocenters. The van der Waals surface area contributed by atoms with Gasteiger partial charge in [0.2, 0.25) is 0 Å². The molecule has 1 aromatic rings. The van der Waals surface area contributed by atoms with Crippen molar-refractivity contribution >= 4 is 0 Å². The van der Waals surface area contributed by atoms with Gasteiger partial charge >= 0.3 is 0 Å². The SMILES string of the molecule is CCCNC(CCO)c1cncn1C(C)C. The lowest BCUT2D eigenvalue weighted by atomic mass is 10.1. The fraction of sp³-hybridized carbons (Fsp3) is 0.750. The number of nitrogens with one attached hydrogen (secondary N) is 1. The highest BCUT2D eigenvalue weighted by Crippen LogP contribution is 2.19. The molecule has 4 nitrogen and oxygen atoms in total. The van der Waals surface area contributed by atoms with Crippen LogP contribution in [0.3, 0.4) is 0 Å². The minimum absolute atomic E-state index is 0.199. The van der Waals surface area contributed by atoms with Gasteiger partial charge in [0.05, 0.1) is 18.1 Å². The smallest absolute Gasteiger partial charge is 0.0951 e. The Morgan fingerprint density at radius 1 is 1.50 bits per heavy atom. The zero-order chi connectivity index (χ0) is 12.0. The Morgan fingerprint density at radius 2 is 2.25 bits per heavy atom. The topological polar surface area (TPSA) is 50.1 Å². The van der Waals surface area contributed by atoms with Crippen molar-refractivity contribution in [2.24, 2.45) is 0 Å². The molecule has 0 amide bonds. The van der Waals surface area contributed by atoms with Crippen molar-refractivity contribution in [3.8, 4) is 0 Å². The number of aliphatic hydroxyl groups excluding tert-OH is 1. The molecule has 0 saturated heterocycles. The number of rotatable bonds is 7. The maximum Gasteiger partial charge on any atom is 0.0951 e. The molecule has 92 valence electrons. The van der Waals surface area contributed by atoms with Crippen molar-refractivity contribution < 1.29 is 5.11 Å². The lowest BCUT2D eigenvalue weighted by molar-refractivity contribution is 0.262. The van der Waals surface area contributed by atoms with E-state index in [4.69, 9.17) is 5.11 Å². The summed E-state index contributed by atoms with van der Waals surface area (Å²) in [6.07, 6.45) is 5.58. The second-order valence-electron chi connectivity index (χ2n) is 4.34. The number of nitrogens with zero attached hydrogens (tertiary/aromatic N) is 2. The zero-order valence-corrected chi connectivity index (χ0v) is 10.5. The van der Waals surface area contributed by atoms with Crippen molar-refractivity contribution in [3.05, 3.63) is 18.2 Å². The van der Waals surface area contributed by atoms with Crippen LogP contribution in [0.4, 0.5) is 0 Å². The summed E-state index contributed by atoms with van der Waals surface area (Å²) in [5.41, 5.74) is 1.16. The van der Waals surface area contributed by atoms with Gasteiger partial charge in [0, 0.05) is 18.8 Å². The van der Waals surface area contributed by atoms with Crippen LogP contribution in [0.5, 0.6) is 0 Å². The Morgan fingerprint density at radius 3 is 2.81 bits per heavy atom. The molecule has 0 aliphatic heterocycles. The molecule has 0 fully saturated rings. The summed E-state index contributed by atoms with van der Waals surface area (Å²) in [4.78, 5) is 4.20. The molecule has 16 heavy (non-hydrogen) atoms. The van der Waals surface area contributed by atoms with Crippen molar-refractivity contribution in [2.45, 2.75) is 45.7 Å². The quantitative estimate of drug-likeness (QED) is 0.745. The van der Waals surface area contributed by atoms with Crippen LogP contribution >= 0.6 is 0 Å². The molecule has 0 aliphatic carbocycles. The Bertz CT molecular complexity index is 296. The Balaban J connectivity index is 2.78. The van der Waals surface area contributed by atoms with Crippen molar-refractivity contribution in [3.63, 3.8) is 0 Å².